The Morgan fingerprint density at radius 1 is 0.966 bits per heavy atom. The largest absolute Gasteiger partial charge is 0.493 e. The summed E-state index contributed by atoms with van der Waals surface area (Å²) in [5.74, 6) is 1.31. The number of hydrogen-bond donors (Lipinski definition) is 1. The summed E-state index contributed by atoms with van der Waals surface area (Å²) in [5.41, 5.74) is 3.57. The normalized spacial score (nSPS) is 11.6. The molecule has 0 aliphatic carbocycles. The molecule has 5 heteroatoms. The lowest BCUT2D eigenvalue weighted by molar-refractivity contribution is 0.0976. The summed E-state index contributed by atoms with van der Waals surface area (Å²) < 4.78 is 10.8. The minimum absolute atomic E-state index is 0.0549. The van der Waals surface area contributed by atoms with Crippen LogP contribution < -0.4 is 14.8 Å². The van der Waals surface area contributed by atoms with Crippen molar-refractivity contribution in [1.29, 1.82) is 0 Å². The number of ketones is 1. The highest BCUT2D eigenvalue weighted by Gasteiger charge is 2.19. The third-order valence-electron chi connectivity index (χ3n) is 4.74. The number of nitrogens with one attached hydrogen (secondary N) is 1. The van der Waals surface area contributed by atoms with E-state index in [-0.39, 0.29) is 18.2 Å². The SMILES string of the molecule is COc1ccc(C(CC(=O)c2ccc(C)cc2)Nc2cccc(Cl)c2)cc1OC. The molecule has 1 N–H and O–H groups in total. The number of ether oxygens (including phenoxy) is 2. The molecule has 29 heavy (non-hydrogen) atoms. The van der Waals surface area contributed by atoms with Crippen LogP contribution in [0.2, 0.25) is 5.02 Å². The predicted molar refractivity (Wildman–Crippen MR) is 117 cm³/mol. The molecule has 3 rings (SSSR count). The van der Waals surface area contributed by atoms with Gasteiger partial charge >= 0.3 is 0 Å². The van der Waals surface area contributed by atoms with Crippen LogP contribution in [-0.4, -0.2) is 20.0 Å². The molecular formula is C24H24ClNO3. The quantitative estimate of drug-likeness (QED) is 0.457. The highest BCUT2D eigenvalue weighted by molar-refractivity contribution is 6.30. The summed E-state index contributed by atoms with van der Waals surface area (Å²) in [6.07, 6.45) is 0.283. The predicted octanol–water partition coefficient (Wildman–Crippen LogP) is 6.09. The van der Waals surface area contributed by atoms with Crippen molar-refractivity contribution in [3.63, 3.8) is 0 Å². The summed E-state index contributed by atoms with van der Waals surface area (Å²) in [7, 11) is 3.19. The Balaban J connectivity index is 1.92. The molecule has 0 aliphatic rings. The highest BCUT2D eigenvalue weighted by Crippen LogP contribution is 2.33. The molecule has 0 fully saturated rings. The maximum atomic E-state index is 13.0. The smallest absolute Gasteiger partial charge is 0.165 e. The Morgan fingerprint density at radius 2 is 1.69 bits per heavy atom. The number of aryl methyl sites for hydroxylation is 1. The fraction of sp³-hybridized carbons (Fsp3) is 0.208. The van der Waals surface area contributed by atoms with Crippen molar-refractivity contribution >= 4 is 23.1 Å². The van der Waals surface area contributed by atoms with Gasteiger partial charge in [0.1, 0.15) is 0 Å². The molecule has 1 unspecified atom stereocenters. The van der Waals surface area contributed by atoms with Gasteiger partial charge < -0.3 is 14.8 Å². The van der Waals surface area contributed by atoms with E-state index in [0.717, 1.165) is 16.8 Å². The lowest BCUT2D eigenvalue weighted by atomic mass is 9.96. The third kappa shape index (κ3) is 5.30. The summed E-state index contributed by atoms with van der Waals surface area (Å²) in [6.45, 7) is 2.00. The minimum Gasteiger partial charge on any atom is -0.493 e. The van der Waals surface area contributed by atoms with Gasteiger partial charge in [-0.25, -0.2) is 0 Å². The summed E-state index contributed by atoms with van der Waals surface area (Å²) >= 11 is 6.13. The molecule has 4 nitrogen and oxygen atoms in total. The fourth-order valence-electron chi connectivity index (χ4n) is 3.14. The van der Waals surface area contributed by atoms with Crippen LogP contribution in [0.25, 0.3) is 0 Å². The van der Waals surface area contributed by atoms with Crippen LogP contribution in [0.5, 0.6) is 11.5 Å². The Hall–Kier alpha value is -2.98. The van der Waals surface area contributed by atoms with Crippen LogP contribution in [0.4, 0.5) is 5.69 Å². The van der Waals surface area contributed by atoms with Gasteiger partial charge in [-0.1, -0.05) is 53.6 Å². The molecule has 150 valence electrons. The van der Waals surface area contributed by atoms with E-state index in [2.05, 4.69) is 5.32 Å². The second kappa shape index (κ2) is 9.48. The van der Waals surface area contributed by atoms with Crippen molar-refractivity contribution < 1.29 is 14.3 Å². The average molecular weight is 410 g/mol. The molecule has 0 saturated carbocycles. The lowest BCUT2D eigenvalue weighted by Gasteiger charge is -2.21. The maximum Gasteiger partial charge on any atom is 0.165 e. The molecule has 0 amide bonds. The number of methoxy groups -OCH3 is 2. The number of anilines is 1. The molecule has 3 aromatic carbocycles. The third-order valence-corrected chi connectivity index (χ3v) is 4.97. The molecule has 1 atom stereocenters. The van der Waals surface area contributed by atoms with Gasteiger partial charge in [0.2, 0.25) is 0 Å². The summed E-state index contributed by atoms with van der Waals surface area (Å²) in [6, 6.07) is 20.5. The summed E-state index contributed by atoms with van der Waals surface area (Å²) in [4.78, 5) is 13.0. The first-order valence-electron chi connectivity index (χ1n) is 9.34. The van der Waals surface area contributed by atoms with Gasteiger partial charge in [0.25, 0.3) is 0 Å². The maximum absolute atomic E-state index is 13.0. The van der Waals surface area contributed by atoms with E-state index < -0.39 is 0 Å². The van der Waals surface area contributed by atoms with E-state index in [1.165, 1.54) is 0 Å². The van der Waals surface area contributed by atoms with Crippen LogP contribution in [0.1, 0.15) is 33.9 Å². The Morgan fingerprint density at radius 3 is 2.34 bits per heavy atom. The van der Waals surface area contributed by atoms with Gasteiger partial charge in [-0.05, 0) is 42.8 Å². The molecule has 0 heterocycles. The molecule has 0 aromatic heterocycles. The van der Waals surface area contributed by atoms with Gasteiger partial charge in [-0.15, -0.1) is 0 Å². The topological polar surface area (TPSA) is 47.6 Å². The number of carbonyl (C=O) groups excluding carboxylic acids is 1. The Kier molecular flexibility index (Phi) is 6.78. The van der Waals surface area contributed by atoms with Crippen molar-refractivity contribution in [1.82, 2.24) is 0 Å². The molecule has 0 bridgehead atoms. The molecule has 0 spiro atoms. The van der Waals surface area contributed by atoms with E-state index in [1.807, 2.05) is 73.7 Å². The minimum atomic E-state index is -0.262. The first-order valence-corrected chi connectivity index (χ1v) is 9.72. The first kappa shape index (κ1) is 20.7. The van der Waals surface area contributed by atoms with Crippen LogP contribution >= 0.6 is 11.6 Å². The number of Topliss-reactive ketones (excluding diaryl/α,β-unsaturated/α-hetero) is 1. The van der Waals surface area contributed by atoms with Crippen molar-refractivity contribution in [2.24, 2.45) is 0 Å². The van der Waals surface area contributed by atoms with E-state index in [0.29, 0.717) is 22.1 Å². The number of hydrogen-bond acceptors (Lipinski definition) is 4. The van der Waals surface area contributed by atoms with Crippen molar-refractivity contribution in [3.05, 3.63) is 88.4 Å². The van der Waals surface area contributed by atoms with Gasteiger partial charge in [0.15, 0.2) is 17.3 Å². The van der Waals surface area contributed by atoms with Crippen molar-refractivity contribution in [2.45, 2.75) is 19.4 Å². The van der Waals surface area contributed by atoms with Gasteiger partial charge in [-0.3, -0.25) is 4.79 Å². The number of benzene rings is 3. The number of rotatable bonds is 8. The molecule has 0 saturated heterocycles. The fourth-order valence-corrected chi connectivity index (χ4v) is 3.33. The Bertz CT molecular complexity index is 986. The van der Waals surface area contributed by atoms with E-state index >= 15 is 0 Å². The Labute approximate surface area is 176 Å². The molecular weight excluding hydrogens is 386 g/mol. The van der Waals surface area contributed by atoms with Crippen molar-refractivity contribution in [2.75, 3.05) is 19.5 Å². The van der Waals surface area contributed by atoms with E-state index in [9.17, 15) is 4.79 Å². The van der Waals surface area contributed by atoms with Crippen LogP contribution in [0.15, 0.2) is 66.7 Å². The standard InChI is InChI=1S/C24H24ClNO3/c1-16-7-9-17(10-8-16)22(27)15-21(26-20-6-4-5-19(25)14-20)18-11-12-23(28-2)24(13-18)29-3/h4-14,21,26H,15H2,1-3H3. The zero-order valence-electron chi connectivity index (χ0n) is 16.7. The van der Waals surface area contributed by atoms with Crippen molar-refractivity contribution in [3.8, 4) is 11.5 Å². The zero-order chi connectivity index (χ0) is 20.8. The average Bonchev–Trinajstić information content (AvgIpc) is 2.73. The van der Waals surface area contributed by atoms with Gasteiger partial charge in [0.05, 0.1) is 20.3 Å². The zero-order valence-corrected chi connectivity index (χ0v) is 17.5. The highest BCUT2D eigenvalue weighted by atomic mass is 35.5. The second-order valence-electron chi connectivity index (χ2n) is 6.82. The number of halogens is 1. The second-order valence-corrected chi connectivity index (χ2v) is 7.25. The monoisotopic (exact) mass is 409 g/mol. The van der Waals surface area contributed by atoms with E-state index in [4.69, 9.17) is 21.1 Å². The van der Waals surface area contributed by atoms with Gasteiger partial charge in [0, 0.05) is 22.7 Å². The molecule has 0 aliphatic heterocycles. The van der Waals surface area contributed by atoms with Crippen LogP contribution in [0, 0.1) is 6.92 Å². The van der Waals surface area contributed by atoms with Crippen LogP contribution in [-0.2, 0) is 0 Å². The number of carbonyl (C=O) groups is 1. The molecule has 0 radical (unpaired) electrons. The summed E-state index contributed by atoms with van der Waals surface area (Å²) in [5, 5.41) is 4.07. The van der Waals surface area contributed by atoms with Gasteiger partial charge in [-0.2, -0.15) is 0 Å². The lowest BCUT2D eigenvalue weighted by Crippen LogP contribution is -2.16. The van der Waals surface area contributed by atoms with Crippen LogP contribution in [0.3, 0.4) is 0 Å². The first-order chi connectivity index (χ1) is 14.0. The van der Waals surface area contributed by atoms with E-state index in [1.54, 1.807) is 14.2 Å². The molecule has 3 aromatic rings.